The predicted molar refractivity (Wildman–Crippen MR) is 81.6 cm³/mol. The van der Waals surface area contributed by atoms with Crippen LogP contribution in [0.3, 0.4) is 0 Å². The quantitative estimate of drug-likeness (QED) is 0.701. The van der Waals surface area contributed by atoms with E-state index in [9.17, 15) is 4.79 Å². The van der Waals surface area contributed by atoms with E-state index in [0.29, 0.717) is 31.6 Å². The number of ether oxygens (including phenoxy) is 1. The van der Waals surface area contributed by atoms with Gasteiger partial charge in [0.15, 0.2) is 0 Å². The first kappa shape index (κ1) is 16.9. The third kappa shape index (κ3) is 5.80. The summed E-state index contributed by atoms with van der Waals surface area (Å²) in [6.07, 6.45) is 0.866. The van der Waals surface area contributed by atoms with Gasteiger partial charge in [0.1, 0.15) is 0 Å². The van der Waals surface area contributed by atoms with Crippen molar-refractivity contribution in [3.63, 3.8) is 0 Å². The summed E-state index contributed by atoms with van der Waals surface area (Å²) in [5, 5.41) is 5.91. The summed E-state index contributed by atoms with van der Waals surface area (Å²) in [6.45, 7) is 7.88. The zero-order valence-corrected chi connectivity index (χ0v) is 13.1. The van der Waals surface area contributed by atoms with Gasteiger partial charge in [0, 0.05) is 20.1 Å². The van der Waals surface area contributed by atoms with Gasteiger partial charge < -0.3 is 20.3 Å². The van der Waals surface area contributed by atoms with E-state index in [1.807, 2.05) is 20.8 Å². The van der Waals surface area contributed by atoms with Crippen molar-refractivity contribution in [1.29, 1.82) is 0 Å². The Morgan fingerprint density at radius 2 is 1.81 bits per heavy atom. The molecule has 1 rings (SSSR count). The molecule has 1 amide bonds. The summed E-state index contributed by atoms with van der Waals surface area (Å²) in [4.78, 5) is 25.9. The molecule has 0 aliphatic rings. The average molecular weight is 296 g/mol. The Hall–Kier alpha value is -2.12. The van der Waals surface area contributed by atoms with Crippen molar-refractivity contribution in [2.75, 3.05) is 43.9 Å². The zero-order chi connectivity index (χ0) is 15.7. The molecule has 0 bridgehead atoms. The Balaban J connectivity index is 2.74. The Labute approximate surface area is 125 Å². The van der Waals surface area contributed by atoms with Crippen LogP contribution < -0.4 is 15.4 Å². The molecule has 0 saturated carbocycles. The van der Waals surface area contributed by atoms with Crippen LogP contribution in [-0.4, -0.2) is 59.0 Å². The van der Waals surface area contributed by atoms with E-state index in [0.717, 1.165) is 6.42 Å². The van der Waals surface area contributed by atoms with Crippen LogP contribution in [0.5, 0.6) is 6.01 Å². The number of carbonyl (C=O) groups is 1. The monoisotopic (exact) mass is 296 g/mol. The van der Waals surface area contributed by atoms with Gasteiger partial charge in [-0.25, -0.2) is 0 Å². The van der Waals surface area contributed by atoms with Gasteiger partial charge in [-0.1, -0.05) is 6.92 Å². The number of carbonyl (C=O) groups excluding carboxylic acids is 1. The number of aromatic nitrogens is 3. The number of nitrogens with zero attached hydrogens (tertiary/aromatic N) is 4. The summed E-state index contributed by atoms with van der Waals surface area (Å²) in [5.74, 6) is 0.723. The first-order valence-corrected chi connectivity index (χ1v) is 7.21. The molecule has 0 aromatic carbocycles. The molecule has 1 aromatic heterocycles. The highest BCUT2D eigenvalue weighted by Crippen LogP contribution is 2.11. The van der Waals surface area contributed by atoms with Gasteiger partial charge in [0.25, 0.3) is 0 Å². The zero-order valence-electron chi connectivity index (χ0n) is 13.1. The maximum Gasteiger partial charge on any atom is 0.323 e. The van der Waals surface area contributed by atoms with Crippen molar-refractivity contribution in [1.82, 2.24) is 19.9 Å². The summed E-state index contributed by atoms with van der Waals surface area (Å²) in [7, 11) is 1.75. The van der Waals surface area contributed by atoms with Gasteiger partial charge >= 0.3 is 6.01 Å². The minimum absolute atomic E-state index is 0.0288. The fraction of sp³-hybridized carbons (Fsp3) is 0.692. The van der Waals surface area contributed by atoms with E-state index in [1.54, 1.807) is 11.9 Å². The van der Waals surface area contributed by atoms with Gasteiger partial charge in [-0.3, -0.25) is 4.79 Å². The number of rotatable bonds is 9. The predicted octanol–water partition coefficient (Wildman–Crippen LogP) is 0.982. The second-order valence-corrected chi connectivity index (χ2v) is 4.41. The third-order valence-corrected chi connectivity index (χ3v) is 2.68. The second-order valence-electron chi connectivity index (χ2n) is 4.41. The molecule has 1 aromatic rings. The first-order valence-electron chi connectivity index (χ1n) is 7.21. The Bertz CT molecular complexity index is 454. The van der Waals surface area contributed by atoms with Crippen LogP contribution in [0.2, 0.25) is 0 Å². The van der Waals surface area contributed by atoms with E-state index >= 15 is 0 Å². The molecule has 0 saturated heterocycles. The van der Waals surface area contributed by atoms with Crippen LogP contribution in [0.4, 0.5) is 11.9 Å². The molecule has 0 fully saturated rings. The van der Waals surface area contributed by atoms with Gasteiger partial charge in [0.2, 0.25) is 17.8 Å². The average Bonchev–Trinajstić information content (AvgIpc) is 2.50. The van der Waals surface area contributed by atoms with Crippen molar-refractivity contribution in [2.24, 2.45) is 0 Å². The van der Waals surface area contributed by atoms with E-state index < -0.39 is 0 Å². The highest BCUT2D eigenvalue weighted by molar-refractivity contribution is 5.80. The minimum Gasteiger partial charge on any atom is -0.463 e. The molecule has 0 radical (unpaired) electrons. The van der Waals surface area contributed by atoms with Gasteiger partial charge in [-0.15, -0.1) is 0 Å². The topological polar surface area (TPSA) is 92.3 Å². The van der Waals surface area contributed by atoms with Crippen LogP contribution in [0.15, 0.2) is 0 Å². The fourth-order valence-electron chi connectivity index (χ4n) is 1.40. The molecule has 21 heavy (non-hydrogen) atoms. The molecule has 0 atom stereocenters. The molecule has 0 aliphatic carbocycles. The lowest BCUT2D eigenvalue weighted by molar-refractivity contribution is -0.127. The third-order valence-electron chi connectivity index (χ3n) is 2.68. The van der Waals surface area contributed by atoms with Gasteiger partial charge in [0.05, 0.1) is 13.2 Å². The summed E-state index contributed by atoms with van der Waals surface area (Å²) >= 11 is 0. The second kappa shape index (κ2) is 8.93. The number of hydrogen-bond donors (Lipinski definition) is 2. The number of hydrogen-bond acceptors (Lipinski definition) is 7. The van der Waals surface area contributed by atoms with E-state index in [1.165, 1.54) is 0 Å². The van der Waals surface area contributed by atoms with Crippen LogP contribution in [0.1, 0.15) is 27.2 Å². The van der Waals surface area contributed by atoms with Crippen LogP contribution >= 0.6 is 0 Å². The number of likely N-dealkylation sites (N-methyl/N-ethyl adjacent to an activating group) is 1. The van der Waals surface area contributed by atoms with Gasteiger partial charge in [-0.2, -0.15) is 15.0 Å². The number of anilines is 2. The number of nitrogens with one attached hydrogen (secondary N) is 2. The molecule has 1 heterocycles. The highest BCUT2D eigenvalue weighted by atomic mass is 16.5. The lowest BCUT2D eigenvalue weighted by Gasteiger charge is -2.15. The normalized spacial score (nSPS) is 10.1. The molecule has 8 heteroatoms. The van der Waals surface area contributed by atoms with E-state index in [2.05, 4.69) is 25.6 Å². The Morgan fingerprint density at radius 3 is 2.38 bits per heavy atom. The van der Waals surface area contributed by atoms with Crippen molar-refractivity contribution < 1.29 is 9.53 Å². The SMILES string of the molecule is CCCOc1nc(NCC)nc(NCC(=O)N(C)CC)n1. The molecular formula is C13H24N6O2. The van der Waals surface area contributed by atoms with E-state index in [4.69, 9.17) is 4.74 Å². The Kier molecular flexibility index (Phi) is 7.20. The summed E-state index contributed by atoms with van der Waals surface area (Å²) in [6, 6.07) is 0.251. The lowest BCUT2D eigenvalue weighted by Crippen LogP contribution is -2.32. The van der Waals surface area contributed by atoms with Crippen molar-refractivity contribution in [3.05, 3.63) is 0 Å². The van der Waals surface area contributed by atoms with Crippen molar-refractivity contribution in [2.45, 2.75) is 27.2 Å². The summed E-state index contributed by atoms with van der Waals surface area (Å²) in [5.41, 5.74) is 0. The van der Waals surface area contributed by atoms with Crippen molar-refractivity contribution >= 4 is 17.8 Å². The van der Waals surface area contributed by atoms with Crippen molar-refractivity contribution in [3.8, 4) is 6.01 Å². The fourth-order valence-corrected chi connectivity index (χ4v) is 1.40. The standard InChI is InChI=1S/C13H24N6O2/c1-5-8-21-13-17-11(14-6-2)16-12(18-13)15-9-10(20)19(4)7-3/h5-9H2,1-4H3,(H2,14,15,16,17,18). The van der Waals surface area contributed by atoms with Gasteiger partial charge in [-0.05, 0) is 20.3 Å². The first-order chi connectivity index (χ1) is 10.1. The maximum atomic E-state index is 11.8. The molecular weight excluding hydrogens is 272 g/mol. The number of amides is 1. The molecule has 2 N–H and O–H groups in total. The lowest BCUT2D eigenvalue weighted by atomic mass is 10.5. The Morgan fingerprint density at radius 1 is 1.14 bits per heavy atom. The van der Waals surface area contributed by atoms with E-state index in [-0.39, 0.29) is 18.5 Å². The maximum absolute atomic E-state index is 11.8. The molecule has 0 aliphatic heterocycles. The minimum atomic E-state index is -0.0288. The largest absolute Gasteiger partial charge is 0.463 e. The molecule has 0 spiro atoms. The molecule has 0 unspecified atom stereocenters. The van der Waals surface area contributed by atoms with Crippen LogP contribution in [0.25, 0.3) is 0 Å². The molecule has 118 valence electrons. The summed E-state index contributed by atoms with van der Waals surface area (Å²) < 4.78 is 5.42. The smallest absolute Gasteiger partial charge is 0.323 e. The molecule has 8 nitrogen and oxygen atoms in total. The van der Waals surface area contributed by atoms with Crippen LogP contribution in [0, 0.1) is 0 Å². The highest BCUT2D eigenvalue weighted by Gasteiger charge is 2.10. The van der Waals surface area contributed by atoms with Crippen LogP contribution in [-0.2, 0) is 4.79 Å².